The molecule has 0 amide bonds. The van der Waals surface area contributed by atoms with Crippen LogP contribution in [0.5, 0.6) is 0 Å². The summed E-state index contributed by atoms with van der Waals surface area (Å²) >= 11 is 3.81. The van der Waals surface area contributed by atoms with E-state index in [1.165, 1.54) is 0 Å². The van der Waals surface area contributed by atoms with E-state index < -0.39 is 0 Å². The molecule has 0 saturated heterocycles. The fourth-order valence-electron chi connectivity index (χ4n) is 0. The van der Waals surface area contributed by atoms with Crippen molar-refractivity contribution in [2.45, 2.75) is 0 Å². The summed E-state index contributed by atoms with van der Waals surface area (Å²) in [7, 11) is 0. The van der Waals surface area contributed by atoms with Crippen molar-refractivity contribution in [3.8, 4) is 0 Å². The first-order chi connectivity index (χ1) is 1.41. The summed E-state index contributed by atoms with van der Waals surface area (Å²) in [5, 5.41) is 7.36. The molecule has 0 aliphatic heterocycles. The van der Waals surface area contributed by atoms with Crippen LogP contribution in [0.25, 0.3) is 0 Å². The monoisotopic (exact) mass is 222 g/mol. The molecule has 0 rings (SSSR count). The third kappa shape index (κ3) is 1050. The van der Waals surface area contributed by atoms with Crippen LogP contribution >= 0.6 is 12.2 Å². The van der Waals surface area contributed by atoms with Crippen LogP contribution in [-0.4, -0.2) is 5.16 Å². The van der Waals surface area contributed by atoms with Gasteiger partial charge in [-0.15, -0.1) is 0 Å². The smallest absolute Gasteiger partial charge is 0.0554 e. The van der Waals surface area contributed by atoms with Crippen molar-refractivity contribution in [2.75, 3.05) is 0 Å². The van der Waals surface area contributed by atoms with Gasteiger partial charge in [-0.2, -0.15) is 0 Å². The number of hydrogen-bond donors (Lipinski definition) is 1. The first-order valence-corrected chi connectivity index (χ1v) is 0.862. The average Bonchev–Trinajstić information content (AvgIpc) is 0.918. The Balaban J connectivity index is -0.00000000200. The molecule has 57 valence electrons. The van der Waals surface area contributed by atoms with Gasteiger partial charge in [0, 0.05) is 19.5 Å². The summed E-state index contributed by atoms with van der Waals surface area (Å²) < 4.78 is 0. The SMILES string of the molecule is N=C=S.[CH3-].[CH3-].[CH3-].[CH3-].[Rh]. The van der Waals surface area contributed by atoms with Gasteiger partial charge >= 0.3 is 0 Å². The van der Waals surface area contributed by atoms with Crippen LogP contribution in [0.15, 0.2) is 0 Å². The number of thiocarbonyl (C=S) groups is 1. The van der Waals surface area contributed by atoms with Gasteiger partial charge in [-0.1, -0.05) is 0 Å². The van der Waals surface area contributed by atoms with Gasteiger partial charge in [-0.05, 0) is 12.2 Å². The zero-order valence-electron chi connectivity index (χ0n) is 5.74. The predicted molar refractivity (Wildman–Crippen MR) is 41.0 cm³/mol. The van der Waals surface area contributed by atoms with Crippen LogP contribution in [0.2, 0.25) is 0 Å². The second kappa shape index (κ2) is 151. The van der Waals surface area contributed by atoms with Crippen LogP contribution < -0.4 is 0 Å². The Bertz CT molecular complexity index is 33.4. The molecule has 3 heteroatoms. The zero-order valence-corrected chi connectivity index (χ0v) is 8.20. The molecule has 0 bridgehead atoms. The number of rotatable bonds is 0. The minimum Gasteiger partial charge on any atom is -0.358 e. The second-order valence-electron chi connectivity index (χ2n) is 0.102. The molecule has 1 N–H and O–H groups in total. The molecular weight excluding hydrogens is 209 g/mol. The maximum atomic E-state index is 5.77. The largest absolute Gasteiger partial charge is 0.358 e. The fourth-order valence-corrected chi connectivity index (χ4v) is 0. The number of hydrogen-bond acceptors (Lipinski definition) is 2. The van der Waals surface area contributed by atoms with Crippen LogP contribution in [-0.2, 0) is 19.5 Å². The maximum absolute atomic E-state index is 5.77. The van der Waals surface area contributed by atoms with E-state index in [9.17, 15) is 0 Å². The van der Waals surface area contributed by atoms with Crippen LogP contribution in [0, 0.1) is 35.1 Å². The molecule has 0 heterocycles. The normalized spacial score (nSPS) is 1.00. The Morgan fingerprint density at radius 1 is 1.00 bits per heavy atom. The summed E-state index contributed by atoms with van der Waals surface area (Å²) in [6.45, 7) is 0. The number of nitrogens with one attached hydrogen (secondary N) is 1. The molecule has 0 atom stereocenters. The summed E-state index contributed by atoms with van der Waals surface area (Å²) in [5.41, 5.74) is 0. The maximum Gasteiger partial charge on any atom is 0.0554 e. The van der Waals surface area contributed by atoms with Crippen LogP contribution in [0.1, 0.15) is 0 Å². The van der Waals surface area contributed by atoms with Crippen molar-refractivity contribution in [2.24, 2.45) is 0 Å². The van der Waals surface area contributed by atoms with E-state index in [0.717, 1.165) is 0 Å². The van der Waals surface area contributed by atoms with Gasteiger partial charge in [0.25, 0.3) is 0 Å². The first kappa shape index (κ1) is 79.0. The molecule has 0 fully saturated rings. The molecule has 0 saturated carbocycles. The molecular formula is C5H13NRhS-4. The molecule has 0 aliphatic rings. The molecule has 0 aromatic rings. The average molecular weight is 222 g/mol. The van der Waals surface area contributed by atoms with E-state index in [4.69, 9.17) is 5.41 Å². The standard InChI is InChI=1S/CHNS.4CH3.Rh/c2-1-3;;;;;/h2H;4*1H3;/q;4*-1;. The number of isothiocyanates is 1. The molecule has 8 heavy (non-hydrogen) atoms. The first-order valence-electron chi connectivity index (χ1n) is 0.454. The molecule has 0 aromatic heterocycles. The van der Waals surface area contributed by atoms with E-state index in [0.29, 0.717) is 0 Å². The van der Waals surface area contributed by atoms with Crippen molar-refractivity contribution in [1.82, 2.24) is 0 Å². The Kier molecular flexibility index (Phi) is 1490. The topological polar surface area (TPSA) is 23.9 Å². The van der Waals surface area contributed by atoms with Crippen molar-refractivity contribution in [3.63, 3.8) is 0 Å². The molecule has 1 nitrogen and oxygen atoms in total. The molecule has 0 spiro atoms. The Hall–Kier alpha value is 0.423. The Morgan fingerprint density at radius 3 is 1.00 bits per heavy atom. The van der Waals surface area contributed by atoms with E-state index in [-0.39, 0.29) is 49.2 Å². The van der Waals surface area contributed by atoms with Crippen molar-refractivity contribution >= 4 is 17.4 Å². The Labute approximate surface area is 72.1 Å². The van der Waals surface area contributed by atoms with E-state index in [2.05, 4.69) is 12.2 Å². The van der Waals surface area contributed by atoms with E-state index in [1.807, 2.05) is 0 Å². The second-order valence-corrected chi connectivity index (χ2v) is 0.306. The van der Waals surface area contributed by atoms with Crippen LogP contribution in [0.3, 0.4) is 0 Å². The summed E-state index contributed by atoms with van der Waals surface area (Å²) in [5.74, 6) is 0. The van der Waals surface area contributed by atoms with Gasteiger partial charge in [0.2, 0.25) is 0 Å². The van der Waals surface area contributed by atoms with Crippen LogP contribution in [0.4, 0.5) is 0 Å². The molecule has 0 unspecified atom stereocenters. The van der Waals surface area contributed by atoms with E-state index in [1.54, 1.807) is 5.16 Å². The molecule has 1 radical (unpaired) electrons. The van der Waals surface area contributed by atoms with Gasteiger partial charge < -0.3 is 29.7 Å². The minimum atomic E-state index is 0. The molecule has 0 aromatic carbocycles. The predicted octanol–water partition coefficient (Wildman–Crippen LogP) is 2.47. The third-order valence-electron chi connectivity index (χ3n) is 0. The summed E-state index contributed by atoms with van der Waals surface area (Å²) in [6.07, 6.45) is 0. The van der Waals surface area contributed by atoms with Gasteiger partial charge in [-0.25, -0.2) is 5.41 Å². The third-order valence-corrected chi connectivity index (χ3v) is 0. The van der Waals surface area contributed by atoms with Gasteiger partial charge in [0.05, 0.1) is 5.16 Å². The van der Waals surface area contributed by atoms with Crippen molar-refractivity contribution in [3.05, 3.63) is 29.7 Å². The summed E-state index contributed by atoms with van der Waals surface area (Å²) in [6, 6.07) is 0. The quantitative estimate of drug-likeness (QED) is 0.289. The Morgan fingerprint density at radius 2 is 1.00 bits per heavy atom. The summed E-state index contributed by atoms with van der Waals surface area (Å²) in [4.78, 5) is 0. The molecule has 0 aliphatic carbocycles. The van der Waals surface area contributed by atoms with Gasteiger partial charge in [0.1, 0.15) is 0 Å². The van der Waals surface area contributed by atoms with E-state index >= 15 is 0 Å². The minimum absolute atomic E-state index is 0. The zero-order chi connectivity index (χ0) is 2.71. The van der Waals surface area contributed by atoms with Gasteiger partial charge in [-0.3, -0.25) is 0 Å². The van der Waals surface area contributed by atoms with Crippen molar-refractivity contribution in [1.29, 1.82) is 5.41 Å². The van der Waals surface area contributed by atoms with Crippen molar-refractivity contribution < 1.29 is 19.5 Å². The fraction of sp³-hybridized carbons (Fsp3) is 0. The van der Waals surface area contributed by atoms with Gasteiger partial charge in [0.15, 0.2) is 0 Å².